The summed E-state index contributed by atoms with van der Waals surface area (Å²) in [4.78, 5) is 14.5. The van der Waals surface area contributed by atoms with Crippen LogP contribution in [0.5, 0.6) is 0 Å². The van der Waals surface area contributed by atoms with Gasteiger partial charge in [-0.2, -0.15) is 0 Å². The number of carbonyl (C=O) groups excluding carboxylic acids is 1. The van der Waals surface area contributed by atoms with E-state index in [0.717, 1.165) is 19.5 Å². The molecule has 0 radical (unpaired) electrons. The summed E-state index contributed by atoms with van der Waals surface area (Å²) in [7, 11) is 0. The summed E-state index contributed by atoms with van der Waals surface area (Å²) in [5.41, 5.74) is 1.40. The zero-order chi connectivity index (χ0) is 9.26. The van der Waals surface area contributed by atoms with Gasteiger partial charge in [-0.3, -0.25) is 4.79 Å². The molecule has 1 amide bonds. The lowest BCUT2D eigenvalue weighted by atomic mass is 10.1. The molecule has 0 spiro atoms. The molecule has 0 saturated heterocycles. The maximum Gasteiger partial charge on any atom is 0.246 e. The van der Waals surface area contributed by atoms with Crippen LogP contribution >= 0.6 is 11.3 Å². The highest BCUT2D eigenvalue weighted by Gasteiger charge is 2.19. The van der Waals surface area contributed by atoms with Crippen LogP contribution in [0.3, 0.4) is 0 Å². The SMILES string of the molecule is C=CC(=O)N1CCc2ccsc2C1. The first kappa shape index (κ1) is 8.51. The third kappa shape index (κ3) is 1.52. The highest BCUT2D eigenvalue weighted by atomic mass is 32.1. The van der Waals surface area contributed by atoms with Crippen LogP contribution in [0, 0.1) is 0 Å². The minimum Gasteiger partial charge on any atom is -0.334 e. The molecular formula is C10H11NOS. The van der Waals surface area contributed by atoms with E-state index in [9.17, 15) is 4.79 Å². The van der Waals surface area contributed by atoms with Crippen molar-refractivity contribution in [3.05, 3.63) is 34.5 Å². The first-order valence-electron chi connectivity index (χ1n) is 4.28. The fraction of sp³-hybridized carbons (Fsp3) is 0.300. The molecule has 0 N–H and O–H groups in total. The van der Waals surface area contributed by atoms with E-state index in [4.69, 9.17) is 0 Å². The van der Waals surface area contributed by atoms with E-state index in [0.29, 0.717) is 0 Å². The Morgan fingerprint density at radius 3 is 3.31 bits per heavy atom. The quantitative estimate of drug-likeness (QED) is 0.623. The third-order valence-corrected chi connectivity index (χ3v) is 3.26. The van der Waals surface area contributed by atoms with Crippen LogP contribution in [-0.2, 0) is 17.8 Å². The maximum absolute atomic E-state index is 11.3. The Kier molecular flexibility index (Phi) is 2.19. The minimum absolute atomic E-state index is 0.0408. The molecule has 1 aromatic heterocycles. The van der Waals surface area contributed by atoms with Crippen LogP contribution in [0.15, 0.2) is 24.1 Å². The van der Waals surface area contributed by atoms with Gasteiger partial charge < -0.3 is 4.90 Å². The van der Waals surface area contributed by atoms with Gasteiger partial charge in [0.2, 0.25) is 5.91 Å². The Morgan fingerprint density at radius 2 is 2.54 bits per heavy atom. The Hall–Kier alpha value is -1.09. The summed E-state index contributed by atoms with van der Waals surface area (Å²) in [6.45, 7) is 5.08. The molecule has 3 heteroatoms. The molecule has 0 aromatic carbocycles. The van der Waals surface area contributed by atoms with Crippen LogP contribution in [0.2, 0.25) is 0 Å². The second kappa shape index (κ2) is 3.34. The second-order valence-corrected chi connectivity index (χ2v) is 4.08. The Morgan fingerprint density at radius 1 is 1.69 bits per heavy atom. The van der Waals surface area contributed by atoms with E-state index in [1.165, 1.54) is 16.5 Å². The number of hydrogen-bond acceptors (Lipinski definition) is 2. The summed E-state index contributed by atoms with van der Waals surface area (Å²) in [6, 6.07) is 2.15. The van der Waals surface area contributed by atoms with Gasteiger partial charge in [-0.15, -0.1) is 11.3 Å². The van der Waals surface area contributed by atoms with E-state index in [-0.39, 0.29) is 5.91 Å². The van der Waals surface area contributed by atoms with Gasteiger partial charge in [-0.05, 0) is 29.5 Å². The molecule has 68 valence electrons. The van der Waals surface area contributed by atoms with Crippen LogP contribution in [0.1, 0.15) is 10.4 Å². The van der Waals surface area contributed by atoms with Crippen molar-refractivity contribution in [3.8, 4) is 0 Å². The van der Waals surface area contributed by atoms with Crippen LogP contribution in [0.25, 0.3) is 0 Å². The molecule has 2 nitrogen and oxygen atoms in total. The van der Waals surface area contributed by atoms with E-state index in [2.05, 4.69) is 18.0 Å². The van der Waals surface area contributed by atoms with Crippen molar-refractivity contribution >= 4 is 17.2 Å². The van der Waals surface area contributed by atoms with Crippen molar-refractivity contribution in [1.29, 1.82) is 0 Å². The van der Waals surface area contributed by atoms with E-state index in [1.54, 1.807) is 11.3 Å². The summed E-state index contributed by atoms with van der Waals surface area (Å²) < 4.78 is 0. The van der Waals surface area contributed by atoms with Gasteiger partial charge in [-0.1, -0.05) is 6.58 Å². The van der Waals surface area contributed by atoms with Gasteiger partial charge in [0.05, 0.1) is 6.54 Å². The molecule has 2 rings (SSSR count). The van der Waals surface area contributed by atoms with Crippen molar-refractivity contribution < 1.29 is 4.79 Å². The molecule has 0 aliphatic carbocycles. The maximum atomic E-state index is 11.3. The Bertz CT molecular complexity index is 342. The summed E-state index contributed by atoms with van der Waals surface area (Å²) in [5, 5.41) is 2.09. The van der Waals surface area contributed by atoms with Crippen molar-refractivity contribution in [2.24, 2.45) is 0 Å². The molecule has 0 fully saturated rings. The normalized spacial score (nSPS) is 15.2. The van der Waals surface area contributed by atoms with Gasteiger partial charge in [-0.25, -0.2) is 0 Å². The molecule has 1 aliphatic heterocycles. The topological polar surface area (TPSA) is 20.3 Å². The zero-order valence-electron chi connectivity index (χ0n) is 7.32. The van der Waals surface area contributed by atoms with Crippen molar-refractivity contribution in [2.75, 3.05) is 6.54 Å². The van der Waals surface area contributed by atoms with Crippen LogP contribution in [-0.4, -0.2) is 17.4 Å². The van der Waals surface area contributed by atoms with Gasteiger partial charge in [0.25, 0.3) is 0 Å². The lowest BCUT2D eigenvalue weighted by Gasteiger charge is -2.25. The van der Waals surface area contributed by atoms with E-state index < -0.39 is 0 Å². The molecule has 2 heterocycles. The third-order valence-electron chi connectivity index (χ3n) is 2.31. The lowest BCUT2D eigenvalue weighted by molar-refractivity contribution is -0.126. The standard InChI is InChI=1S/C10H11NOS/c1-2-10(12)11-5-3-8-4-6-13-9(8)7-11/h2,4,6H,1,3,5,7H2. The monoisotopic (exact) mass is 193 g/mol. The highest BCUT2D eigenvalue weighted by molar-refractivity contribution is 7.10. The molecule has 0 unspecified atom stereocenters. The average molecular weight is 193 g/mol. The van der Waals surface area contributed by atoms with Gasteiger partial charge in [0.1, 0.15) is 0 Å². The van der Waals surface area contributed by atoms with Gasteiger partial charge >= 0.3 is 0 Å². The minimum atomic E-state index is 0.0408. The van der Waals surface area contributed by atoms with Gasteiger partial charge in [0.15, 0.2) is 0 Å². The van der Waals surface area contributed by atoms with E-state index >= 15 is 0 Å². The fourth-order valence-corrected chi connectivity index (χ4v) is 2.50. The summed E-state index contributed by atoms with van der Waals surface area (Å²) in [5.74, 6) is 0.0408. The predicted molar refractivity (Wildman–Crippen MR) is 53.6 cm³/mol. The number of fused-ring (bicyclic) bond motifs is 1. The zero-order valence-corrected chi connectivity index (χ0v) is 8.14. The number of carbonyl (C=O) groups is 1. The molecule has 13 heavy (non-hydrogen) atoms. The first-order valence-corrected chi connectivity index (χ1v) is 5.16. The lowest BCUT2D eigenvalue weighted by Crippen LogP contribution is -2.33. The molecule has 0 saturated carbocycles. The Labute approximate surface area is 81.5 Å². The molecule has 0 bridgehead atoms. The molecule has 1 aliphatic rings. The fourth-order valence-electron chi connectivity index (χ4n) is 1.55. The van der Waals surface area contributed by atoms with E-state index in [1.807, 2.05) is 4.90 Å². The Balaban J connectivity index is 2.17. The second-order valence-electron chi connectivity index (χ2n) is 3.08. The summed E-state index contributed by atoms with van der Waals surface area (Å²) >= 11 is 1.73. The summed E-state index contributed by atoms with van der Waals surface area (Å²) in [6.07, 6.45) is 2.37. The molecule has 1 aromatic rings. The predicted octanol–water partition coefficient (Wildman–Crippen LogP) is 1.82. The number of nitrogens with zero attached hydrogens (tertiary/aromatic N) is 1. The number of hydrogen-bond donors (Lipinski definition) is 0. The highest BCUT2D eigenvalue weighted by Crippen LogP contribution is 2.23. The van der Waals surface area contributed by atoms with Crippen molar-refractivity contribution in [3.63, 3.8) is 0 Å². The molecular weight excluding hydrogens is 182 g/mol. The van der Waals surface area contributed by atoms with Crippen LogP contribution in [0.4, 0.5) is 0 Å². The smallest absolute Gasteiger partial charge is 0.246 e. The number of thiophene rings is 1. The first-order chi connectivity index (χ1) is 6.31. The number of rotatable bonds is 1. The van der Waals surface area contributed by atoms with Crippen LogP contribution < -0.4 is 0 Å². The number of amides is 1. The van der Waals surface area contributed by atoms with Gasteiger partial charge in [0, 0.05) is 11.4 Å². The average Bonchev–Trinajstić information content (AvgIpc) is 2.63. The molecule has 0 atom stereocenters. The van der Waals surface area contributed by atoms with Crippen molar-refractivity contribution in [2.45, 2.75) is 13.0 Å². The van der Waals surface area contributed by atoms with Crippen molar-refractivity contribution in [1.82, 2.24) is 4.90 Å². The largest absolute Gasteiger partial charge is 0.334 e.